The molecule has 12 nitrogen and oxygen atoms in total. The molecule has 12 heteroatoms. The summed E-state index contributed by atoms with van der Waals surface area (Å²) >= 11 is 0. The first-order valence-corrected chi connectivity index (χ1v) is 16.6. The zero-order chi connectivity index (χ0) is 33.2. The monoisotopic (exact) mass is 644 g/mol. The molecule has 1 saturated carbocycles. The Balaban J connectivity index is 1.16. The first kappa shape index (κ1) is 34.3. The Labute approximate surface area is 270 Å². The molecule has 4 aliphatic heterocycles. The molecular weight excluding hydrogens is 596 g/mol. The summed E-state index contributed by atoms with van der Waals surface area (Å²) < 4.78 is 18.4. The first-order chi connectivity index (χ1) is 21.8. The van der Waals surface area contributed by atoms with Crippen molar-refractivity contribution in [3.63, 3.8) is 0 Å². The van der Waals surface area contributed by atoms with E-state index < -0.39 is 59.8 Å². The predicted molar refractivity (Wildman–Crippen MR) is 163 cm³/mol. The highest BCUT2D eigenvalue weighted by molar-refractivity contribution is 5.91. The van der Waals surface area contributed by atoms with Crippen LogP contribution in [0.3, 0.4) is 0 Å². The van der Waals surface area contributed by atoms with Crippen LogP contribution in [0, 0.1) is 29.6 Å². The summed E-state index contributed by atoms with van der Waals surface area (Å²) in [5.74, 6) is -3.43. The fourth-order valence-corrected chi connectivity index (χ4v) is 7.70. The van der Waals surface area contributed by atoms with Gasteiger partial charge in [0.25, 0.3) is 0 Å². The summed E-state index contributed by atoms with van der Waals surface area (Å²) in [5.41, 5.74) is -0.0153. The molecule has 1 spiro atoms. The van der Waals surface area contributed by atoms with Gasteiger partial charge in [0, 0.05) is 31.1 Å². The lowest BCUT2D eigenvalue weighted by atomic mass is 9.58. The fraction of sp³-hybridized carbons (Fsp3) is 0.706. The number of hydrogen-bond donors (Lipinski definition) is 3. The van der Waals surface area contributed by atoms with Gasteiger partial charge in [-0.1, -0.05) is 58.0 Å². The van der Waals surface area contributed by atoms with Crippen LogP contribution >= 0.6 is 0 Å². The van der Waals surface area contributed by atoms with Crippen molar-refractivity contribution in [3.8, 4) is 0 Å². The third-order valence-electron chi connectivity index (χ3n) is 10.2. The molecule has 3 N–H and O–H groups in total. The van der Waals surface area contributed by atoms with Crippen molar-refractivity contribution in [2.45, 2.75) is 122 Å². The number of nitrogens with one attached hydrogen (secondary N) is 2. The lowest BCUT2D eigenvalue weighted by molar-refractivity contribution is -0.576. The number of rotatable bonds is 12. The van der Waals surface area contributed by atoms with Gasteiger partial charge in [-0.15, -0.1) is 0 Å². The standard InChI is InChI=1S/C34H48N2O10/c1-19(2)17-25(29(39)36-26(30(40)41)18-22-9-7-6-8-10-22)35-27(37)13-14-28(38)42-31-21(4)24-12-11-20(3)23-15-16-33(5)44-32(43-31)34(23,24)46-45-33/h6-10,19-21,23-26,31-32H,11-18H2,1-5H3,(H,35,37)(H,36,39)(H,40,41)/t20-,21-,23+,24+,25+,26+,31-,32-,33?,34-/m1/s1. The van der Waals surface area contributed by atoms with Crippen molar-refractivity contribution in [2.24, 2.45) is 29.6 Å². The highest BCUT2D eigenvalue weighted by Crippen LogP contribution is 2.60. The van der Waals surface area contributed by atoms with Crippen LogP contribution in [0.4, 0.5) is 0 Å². The number of hydrogen-bond acceptors (Lipinski definition) is 9. The Kier molecular flexibility index (Phi) is 10.4. The number of carbonyl (C=O) groups excluding carboxylic acids is 3. The van der Waals surface area contributed by atoms with E-state index in [-0.39, 0.29) is 42.9 Å². The van der Waals surface area contributed by atoms with Crippen LogP contribution in [0.15, 0.2) is 30.3 Å². The molecule has 4 heterocycles. The molecule has 1 aromatic rings. The van der Waals surface area contributed by atoms with E-state index in [9.17, 15) is 24.3 Å². The van der Waals surface area contributed by atoms with Gasteiger partial charge in [-0.05, 0) is 55.9 Å². The molecule has 10 atom stereocenters. The summed E-state index contributed by atoms with van der Waals surface area (Å²) in [6.45, 7) is 9.83. The molecule has 5 fully saturated rings. The maximum atomic E-state index is 13.2. The molecule has 2 bridgehead atoms. The molecular formula is C34H48N2O10. The molecule has 0 radical (unpaired) electrons. The van der Waals surface area contributed by atoms with Crippen LogP contribution in [0.5, 0.6) is 0 Å². The van der Waals surface area contributed by atoms with E-state index in [1.165, 1.54) is 0 Å². The number of carboxylic acid groups (broad SMARTS) is 1. The summed E-state index contributed by atoms with van der Waals surface area (Å²) in [6, 6.07) is 6.86. The number of fused-ring (bicyclic) bond motifs is 2. The van der Waals surface area contributed by atoms with Gasteiger partial charge >= 0.3 is 11.9 Å². The lowest BCUT2D eigenvalue weighted by Crippen LogP contribution is -2.70. The number of carbonyl (C=O) groups is 4. The van der Waals surface area contributed by atoms with E-state index in [1.54, 1.807) is 24.3 Å². The average Bonchev–Trinajstić information content (AvgIpc) is 3.24. The minimum Gasteiger partial charge on any atom is -0.480 e. The zero-order valence-corrected chi connectivity index (χ0v) is 27.4. The van der Waals surface area contributed by atoms with Gasteiger partial charge < -0.3 is 30.0 Å². The first-order valence-electron chi connectivity index (χ1n) is 16.6. The second kappa shape index (κ2) is 14.0. The van der Waals surface area contributed by atoms with Gasteiger partial charge in [0.05, 0.1) is 6.42 Å². The molecule has 4 saturated heterocycles. The lowest BCUT2D eigenvalue weighted by Gasteiger charge is -2.59. The number of ether oxygens (including phenoxy) is 3. The van der Waals surface area contributed by atoms with Gasteiger partial charge in [-0.25, -0.2) is 14.6 Å². The zero-order valence-electron chi connectivity index (χ0n) is 27.4. The van der Waals surface area contributed by atoms with Crippen molar-refractivity contribution >= 4 is 23.8 Å². The van der Waals surface area contributed by atoms with Crippen molar-refractivity contribution in [3.05, 3.63) is 35.9 Å². The second-order valence-electron chi connectivity index (χ2n) is 14.1. The van der Waals surface area contributed by atoms with Crippen LogP contribution in [-0.2, 0) is 49.6 Å². The summed E-state index contributed by atoms with van der Waals surface area (Å²) in [7, 11) is 0. The highest BCUT2D eigenvalue weighted by atomic mass is 17.3. The SMILES string of the molecule is CC(C)C[C@H](NC(=O)CCC(=O)O[C@@H]1O[C@@H]2OC3(C)CC[C@H]4[C@H](C)CC[C@@H]([C@H]1C)[C@@]24OO3)C(=O)N[C@@H](Cc1ccccc1)C(=O)O. The number of esters is 1. The van der Waals surface area contributed by atoms with Gasteiger partial charge in [0.1, 0.15) is 12.1 Å². The highest BCUT2D eigenvalue weighted by Gasteiger charge is 2.69. The smallest absolute Gasteiger partial charge is 0.326 e. The van der Waals surface area contributed by atoms with Crippen LogP contribution < -0.4 is 10.6 Å². The average molecular weight is 645 g/mol. The quantitative estimate of drug-likeness (QED) is 0.225. The maximum Gasteiger partial charge on any atom is 0.326 e. The van der Waals surface area contributed by atoms with Crippen LogP contribution in [-0.4, -0.2) is 64.9 Å². The van der Waals surface area contributed by atoms with E-state index >= 15 is 0 Å². The van der Waals surface area contributed by atoms with Crippen LogP contribution in [0.1, 0.15) is 85.1 Å². The van der Waals surface area contributed by atoms with E-state index in [0.29, 0.717) is 18.8 Å². The molecule has 6 rings (SSSR count). The van der Waals surface area contributed by atoms with Crippen LogP contribution in [0.25, 0.3) is 0 Å². The normalized spacial score (nSPS) is 34.5. The Morgan fingerprint density at radius 2 is 1.72 bits per heavy atom. The van der Waals surface area contributed by atoms with Gasteiger partial charge in [0.2, 0.25) is 23.9 Å². The fourth-order valence-electron chi connectivity index (χ4n) is 7.70. The molecule has 0 aromatic heterocycles. The Morgan fingerprint density at radius 1 is 0.978 bits per heavy atom. The van der Waals surface area contributed by atoms with E-state index in [0.717, 1.165) is 24.8 Å². The number of benzene rings is 1. The summed E-state index contributed by atoms with van der Waals surface area (Å²) in [5, 5.41) is 15.0. The topological polar surface area (TPSA) is 159 Å². The van der Waals surface area contributed by atoms with Gasteiger partial charge in [-0.3, -0.25) is 14.4 Å². The predicted octanol–water partition coefficient (Wildman–Crippen LogP) is 3.86. The minimum absolute atomic E-state index is 0.0111. The molecule has 254 valence electrons. The Bertz CT molecular complexity index is 1280. The number of amides is 2. The molecule has 46 heavy (non-hydrogen) atoms. The second-order valence-corrected chi connectivity index (χ2v) is 14.1. The number of aliphatic carboxylic acids is 1. The third kappa shape index (κ3) is 7.25. The molecule has 1 aromatic carbocycles. The van der Waals surface area contributed by atoms with Crippen molar-refractivity contribution in [1.82, 2.24) is 10.6 Å². The number of carboxylic acids is 1. The molecule has 1 unspecified atom stereocenters. The largest absolute Gasteiger partial charge is 0.480 e. The van der Waals surface area contributed by atoms with Crippen LogP contribution in [0.2, 0.25) is 0 Å². The Morgan fingerprint density at radius 3 is 2.41 bits per heavy atom. The van der Waals surface area contributed by atoms with Gasteiger partial charge in [-0.2, -0.15) is 0 Å². The van der Waals surface area contributed by atoms with E-state index in [4.69, 9.17) is 24.0 Å². The maximum absolute atomic E-state index is 13.2. The summed E-state index contributed by atoms with van der Waals surface area (Å²) in [6.07, 6.45) is 1.75. The van der Waals surface area contributed by atoms with Gasteiger partial charge in [0.15, 0.2) is 11.9 Å². The summed E-state index contributed by atoms with van der Waals surface area (Å²) in [4.78, 5) is 63.0. The molecule has 1 aliphatic carbocycles. The molecule has 2 amide bonds. The van der Waals surface area contributed by atoms with Crippen molar-refractivity contribution in [2.75, 3.05) is 0 Å². The van der Waals surface area contributed by atoms with Crippen molar-refractivity contribution < 1.29 is 48.3 Å². The third-order valence-corrected chi connectivity index (χ3v) is 10.2. The van der Waals surface area contributed by atoms with E-state index in [1.807, 2.05) is 33.8 Å². The molecule has 5 aliphatic rings. The van der Waals surface area contributed by atoms with Crippen molar-refractivity contribution in [1.29, 1.82) is 0 Å². The Hall–Kier alpha value is -3.06. The minimum atomic E-state index is -1.17. The van der Waals surface area contributed by atoms with E-state index in [2.05, 4.69) is 17.6 Å².